The molecule has 0 aliphatic heterocycles. The maximum atomic E-state index is 5.23. The van der Waals surface area contributed by atoms with Crippen LogP contribution in [0.3, 0.4) is 0 Å². The van der Waals surface area contributed by atoms with Crippen molar-refractivity contribution >= 4 is 28.4 Å². The molecule has 0 aliphatic carbocycles. The lowest BCUT2D eigenvalue weighted by Crippen LogP contribution is -2.07. The highest BCUT2D eigenvalue weighted by Gasteiger charge is 2.14. The van der Waals surface area contributed by atoms with Crippen LogP contribution in [0.25, 0.3) is 11.4 Å². The smallest absolute Gasteiger partial charge is 0.162 e. The largest absolute Gasteiger partial charge is 0.378 e. The first-order valence-corrected chi connectivity index (χ1v) is 7.60. The molecule has 0 amide bonds. The number of anilines is 1. The van der Waals surface area contributed by atoms with Crippen LogP contribution in [0.2, 0.25) is 0 Å². The van der Waals surface area contributed by atoms with Crippen LogP contribution in [0, 0.1) is 3.57 Å². The van der Waals surface area contributed by atoms with Crippen LogP contribution in [-0.4, -0.2) is 24.1 Å². The molecule has 2 rings (SSSR count). The van der Waals surface area contributed by atoms with Crippen molar-refractivity contribution in [3.63, 3.8) is 0 Å². The van der Waals surface area contributed by atoms with Crippen molar-refractivity contribution in [2.75, 3.05) is 19.5 Å². The Morgan fingerprint density at radius 2 is 2.00 bits per heavy atom. The number of halogens is 1. The second kappa shape index (κ2) is 6.99. The summed E-state index contributed by atoms with van der Waals surface area (Å²) >= 11 is 2.25. The summed E-state index contributed by atoms with van der Waals surface area (Å²) in [6.45, 7) is 2.62. The summed E-state index contributed by atoms with van der Waals surface area (Å²) in [5.74, 6) is 1.59. The van der Waals surface area contributed by atoms with Gasteiger partial charge in [0.05, 0.1) is 15.9 Å². The summed E-state index contributed by atoms with van der Waals surface area (Å²) in [5, 5.41) is 3.13. The second-order valence-corrected chi connectivity index (χ2v) is 5.43. The normalized spacial score (nSPS) is 10.6. The zero-order valence-electron chi connectivity index (χ0n) is 11.9. The van der Waals surface area contributed by atoms with Crippen molar-refractivity contribution in [2.45, 2.75) is 20.0 Å². The highest BCUT2D eigenvalue weighted by Crippen LogP contribution is 2.26. The fraction of sp³-hybridized carbons (Fsp3) is 0.333. The number of methoxy groups -OCH3 is 1. The molecule has 0 unspecified atom stereocenters. The van der Waals surface area contributed by atoms with Crippen molar-refractivity contribution in [1.82, 2.24) is 9.97 Å². The molecule has 2 aromatic rings. The maximum absolute atomic E-state index is 5.23. The molecule has 0 saturated heterocycles. The molecule has 0 fully saturated rings. The highest BCUT2D eigenvalue weighted by molar-refractivity contribution is 14.1. The lowest BCUT2D eigenvalue weighted by molar-refractivity contribution is 0.181. The molecule has 4 nitrogen and oxygen atoms in total. The molecular weight excluding hydrogens is 365 g/mol. The number of hydrogen-bond donors (Lipinski definition) is 1. The second-order valence-electron chi connectivity index (χ2n) is 4.35. The van der Waals surface area contributed by atoms with Gasteiger partial charge in [-0.2, -0.15) is 0 Å². The van der Waals surface area contributed by atoms with E-state index >= 15 is 0 Å². The molecule has 1 aromatic heterocycles. The number of benzene rings is 1. The molecule has 106 valence electrons. The van der Waals surface area contributed by atoms with Gasteiger partial charge < -0.3 is 10.1 Å². The van der Waals surface area contributed by atoms with E-state index in [0.29, 0.717) is 6.61 Å². The topological polar surface area (TPSA) is 47.0 Å². The fourth-order valence-electron chi connectivity index (χ4n) is 2.06. The van der Waals surface area contributed by atoms with Crippen molar-refractivity contribution in [3.8, 4) is 11.4 Å². The Bertz CT molecular complexity index is 602. The summed E-state index contributed by atoms with van der Waals surface area (Å²) in [7, 11) is 3.55. The molecule has 0 spiro atoms. The third-order valence-electron chi connectivity index (χ3n) is 3.08. The van der Waals surface area contributed by atoms with Crippen molar-refractivity contribution in [3.05, 3.63) is 39.1 Å². The van der Waals surface area contributed by atoms with E-state index in [1.54, 1.807) is 7.11 Å². The van der Waals surface area contributed by atoms with E-state index < -0.39 is 0 Å². The third kappa shape index (κ3) is 3.09. The molecule has 0 bridgehead atoms. The van der Waals surface area contributed by atoms with Crippen LogP contribution in [0.15, 0.2) is 24.3 Å². The number of aromatic nitrogens is 2. The van der Waals surface area contributed by atoms with Crippen molar-refractivity contribution < 1.29 is 4.74 Å². The van der Waals surface area contributed by atoms with Crippen LogP contribution in [0.5, 0.6) is 0 Å². The van der Waals surface area contributed by atoms with Crippen LogP contribution < -0.4 is 5.32 Å². The van der Waals surface area contributed by atoms with Crippen LogP contribution in [-0.2, 0) is 17.8 Å². The Morgan fingerprint density at radius 3 is 2.65 bits per heavy atom. The van der Waals surface area contributed by atoms with Gasteiger partial charge in [-0.25, -0.2) is 9.97 Å². The third-order valence-corrected chi connectivity index (χ3v) is 4.21. The Labute approximate surface area is 133 Å². The van der Waals surface area contributed by atoms with Gasteiger partial charge in [0, 0.05) is 19.7 Å². The number of ether oxygens (including phenoxy) is 1. The lowest BCUT2D eigenvalue weighted by Gasteiger charge is -2.12. The first kappa shape index (κ1) is 15.2. The predicted octanol–water partition coefficient (Wildman–Crippen LogP) is 3.50. The summed E-state index contributed by atoms with van der Waals surface area (Å²) in [6, 6.07) is 8.25. The summed E-state index contributed by atoms with van der Waals surface area (Å²) in [5.41, 5.74) is 3.24. The van der Waals surface area contributed by atoms with Gasteiger partial charge in [-0.1, -0.05) is 31.2 Å². The van der Waals surface area contributed by atoms with Crippen LogP contribution >= 0.6 is 22.6 Å². The molecule has 0 radical (unpaired) electrons. The molecule has 0 atom stereocenters. The highest BCUT2D eigenvalue weighted by atomic mass is 127. The number of aryl methyl sites for hydroxylation is 1. The summed E-state index contributed by atoms with van der Waals surface area (Å²) in [6.07, 6.45) is 0.958. The molecular formula is C15H18IN3O. The quantitative estimate of drug-likeness (QED) is 0.803. The van der Waals surface area contributed by atoms with Gasteiger partial charge in [-0.3, -0.25) is 0 Å². The van der Waals surface area contributed by atoms with E-state index in [4.69, 9.17) is 4.74 Å². The van der Waals surface area contributed by atoms with Gasteiger partial charge >= 0.3 is 0 Å². The van der Waals surface area contributed by atoms with E-state index in [2.05, 4.69) is 56.9 Å². The Balaban J connectivity index is 2.59. The Morgan fingerprint density at radius 1 is 1.25 bits per heavy atom. The van der Waals surface area contributed by atoms with Gasteiger partial charge in [0.1, 0.15) is 5.82 Å². The van der Waals surface area contributed by atoms with Crippen LogP contribution in [0.1, 0.15) is 18.2 Å². The fourth-order valence-corrected chi connectivity index (χ4v) is 2.73. The summed E-state index contributed by atoms with van der Waals surface area (Å²) in [4.78, 5) is 9.29. The van der Waals surface area contributed by atoms with Crippen molar-refractivity contribution in [1.29, 1.82) is 0 Å². The predicted molar refractivity (Wildman–Crippen MR) is 89.8 cm³/mol. The van der Waals surface area contributed by atoms with Gasteiger partial charge in [0.2, 0.25) is 0 Å². The van der Waals surface area contributed by atoms with E-state index in [-0.39, 0.29) is 0 Å². The zero-order chi connectivity index (χ0) is 14.5. The van der Waals surface area contributed by atoms with Crippen molar-refractivity contribution in [2.24, 2.45) is 0 Å². The zero-order valence-corrected chi connectivity index (χ0v) is 14.1. The van der Waals surface area contributed by atoms with E-state index in [9.17, 15) is 0 Å². The van der Waals surface area contributed by atoms with Gasteiger partial charge in [-0.05, 0) is 34.6 Å². The molecule has 1 aromatic carbocycles. The molecule has 1 heterocycles. The average molecular weight is 383 g/mol. The summed E-state index contributed by atoms with van der Waals surface area (Å²) < 4.78 is 6.24. The van der Waals surface area contributed by atoms with Gasteiger partial charge in [0.25, 0.3) is 0 Å². The monoisotopic (exact) mass is 383 g/mol. The van der Waals surface area contributed by atoms with Gasteiger partial charge in [-0.15, -0.1) is 0 Å². The Hall–Kier alpha value is -1.21. The maximum Gasteiger partial charge on any atom is 0.162 e. The van der Waals surface area contributed by atoms with E-state index in [1.165, 1.54) is 5.56 Å². The first-order valence-electron chi connectivity index (χ1n) is 6.52. The minimum Gasteiger partial charge on any atom is -0.378 e. The molecule has 1 N–H and O–H groups in total. The number of nitrogens with one attached hydrogen (secondary N) is 1. The molecule has 0 saturated carbocycles. The number of nitrogens with zero attached hydrogens (tertiary/aromatic N) is 2. The van der Waals surface area contributed by atoms with E-state index in [0.717, 1.165) is 32.9 Å². The minimum absolute atomic E-state index is 0.483. The molecule has 0 aliphatic rings. The van der Waals surface area contributed by atoms with E-state index in [1.807, 2.05) is 19.2 Å². The standard InChI is InChI=1S/C15H18IN3O/c1-4-10-7-5-6-8-11(10)14-18-12(9-20-3)13(16)15(17-2)19-14/h5-8H,4,9H2,1-3H3,(H,17,18,19). The molecule has 20 heavy (non-hydrogen) atoms. The number of rotatable bonds is 5. The first-order chi connectivity index (χ1) is 9.71. The van der Waals surface area contributed by atoms with Crippen LogP contribution in [0.4, 0.5) is 5.82 Å². The minimum atomic E-state index is 0.483. The average Bonchev–Trinajstić information content (AvgIpc) is 2.49. The SMILES string of the molecule is CCc1ccccc1-c1nc(COC)c(I)c(NC)n1. The molecule has 5 heteroatoms. The Kier molecular flexibility index (Phi) is 5.31. The van der Waals surface area contributed by atoms with Gasteiger partial charge in [0.15, 0.2) is 5.82 Å². The number of hydrogen-bond acceptors (Lipinski definition) is 4. The lowest BCUT2D eigenvalue weighted by atomic mass is 10.0.